The Balaban J connectivity index is 2.13. The van der Waals surface area contributed by atoms with Crippen LogP contribution >= 0.6 is 0 Å². The summed E-state index contributed by atoms with van der Waals surface area (Å²) in [5.41, 5.74) is 12.5. The van der Waals surface area contributed by atoms with Gasteiger partial charge in [0.25, 0.3) is 0 Å². The molecular weight excluding hydrogens is 232 g/mol. The number of piperidine rings is 1. The van der Waals surface area contributed by atoms with Gasteiger partial charge in [-0.15, -0.1) is 0 Å². The van der Waals surface area contributed by atoms with E-state index in [1.54, 1.807) is 12.4 Å². The predicted molar refractivity (Wildman–Crippen MR) is 69.1 cm³/mol. The molecular formula is C12H18N4O2. The summed E-state index contributed by atoms with van der Waals surface area (Å²) < 4.78 is 5.09. The summed E-state index contributed by atoms with van der Waals surface area (Å²) in [6.45, 7) is 3.61. The lowest BCUT2D eigenvalue weighted by Gasteiger charge is -2.37. The van der Waals surface area contributed by atoms with Gasteiger partial charge < -0.3 is 21.1 Å². The Morgan fingerprint density at radius 2 is 2.33 bits per heavy atom. The molecule has 0 spiro atoms. The fourth-order valence-corrected chi connectivity index (χ4v) is 2.43. The Kier molecular flexibility index (Phi) is 3.55. The molecule has 6 heteroatoms. The van der Waals surface area contributed by atoms with E-state index in [1.165, 1.54) is 0 Å². The first kappa shape index (κ1) is 12.5. The van der Waals surface area contributed by atoms with Gasteiger partial charge in [-0.3, -0.25) is 4.98 Å². The van der Waals surface area contributed by atoms with Crippen LogP contribution in [0.1, 0.15) is 13.3 Å². The normalized spacial score (nSPS) is 23.7. The lowest BCUT2D eigenvalue weighted by Crippen LogP contribution is -2.45. The highest BCUT2D eigenvalue weighted by molar-refractivity contribution is 5.67. The molecule has 98 valence electrons. The zero-order chi connectivity index (χ0) is 13.1. The lowest BCUT2D eigenvalue weighted by atomic mass is 9.97. The van der Waals surface area contributed by atoms with Crippen LogP contribution < -0.4 is 16.4 Å². The molecule has 0 saturated carbocycles. The maximum atomic E-state index is 10.8. The minimum absolute atomic E-state index is 0.182. The van der Waals surface area contributed by atoms with E-state index < -0.39 is 6.09 Å². The average Bonchev–Trinajstić information content (AvgIpc) is 2.27. The number of anilines is 2. The van der Waals surface area contributed by atoms with Gasteiger partial charge in [0.1, 0.15) is 6.10 Å². The quantitative estimate of drug-likeness (QED) is 0.815. The van der Waals surface area contributed by atoms with Crippen LogP contribution in [0.3, 0.4) is 0 Å². The van der Waals surface area contributed by atoms with E-state index in [0.717, 1.165) is 18.7 Å². The van der Waals surface area contributed by atoms with Gasteiger partial charge in [-0.05, 0) is 18.4 Å². The molecule has 0 aromatic carbocycles. The number of nitrogens with two attached hydrogens (primary N) is 2. The first-order valence-corrected chi connectivity index (χ1v) is 5.96. The number of pyridine rings is 1. The number of carbonyl (C=O) groups is 1. The number of primary amides is 1. The van der Waals surface area contributed by atoms with Crippen molar-refractivity contribution in [2.45, 2.75) is 19.4 Å². The smallest absolute Gasteiger partial charge is 0.404 e. The van der Waals surface area contributed by atoms with Crippen molar-refractivity contribution in [1.82, 2.24) is 4.98 Å². The Bertz CT molecular complexity index is 438. The summed E-state index contributed by atoms with van der Waals surface area (Å²) in [6.07, 6.45) is 3.24. The van der Waals surface area contributed by atoms with Crippen molar-refractivity contribution >= 4 is 17.5 Å². The van der Waals surface area contributed by atoms with Crippen LogP contribution in [-0.4, -0.2) is 30.3 Å². The van der Waals surface area contributed by atoms with Crippen molar-refractivity contribution < 1.29 is 9.53 Å². The molecule has 0 unspecified atom stereocenters. The summed E-state index contributed by atoms with van der Waals surface area (Å²) in [5.74, 6) is 0.413. The average molecular weight is 250 g/mol. The Labute approximate surface area is 106 Å². The Morgan fingerprint density at radius 3 is 3.00 bits per heavy atom. The van der Waals surface area contributed by atoms with E-state index in [4.69, 9.17) is 16.2 Å². The SMILES string of the molecule is C[C@@H]1C[C@H](OC(N)=O)CN(c2ccncc2N)C1. The topological polar surface area (TPSA) is 94.5 Å². The number of hydrogen-bond acceptors (Lipinski definition) is 5. The standard InChI is InChI=1S/C12H18N4O2/c1-8-4-9(18-12(14)17)7-16(6-8)11-2-3-15-5-10(11)13/h2-3,5,8-9H,4,6-7,13H2,1H3,(H2,14,17)/t8-,9+/m1/s1. The molecule has 0 bridgehead atoms. The summed E-state index contributed by atoms with van der Waals surface area (Å²) in [7, 11) is 0. The van der Waals surface area contributed by atoms with Gasteiger partial charge in [-0.2, -0.15) is 0 Å². The molecule has 0 radical (unpaired) electrons. The number of ether oxygens (including phenoxy) is 1. The summed E-state index contributed by atoms with van der Waals surface area (Å²) in [4.78, 5) is 16.9. The number of hydrogen-bond donors (Lipinski definition) is 2. The number of rotatable bonds is 2. The van der Waals surface area contributed by atoms with E-state index in [-0.39, 0.29) is 6.10 Å². The van der Waals surface area contributed by atoms with E-state index in [1.807, 2.05) is 6.07 Å². The molecule has 0 aliphatic carbocycles. The second-order valence-electron chi connectivity index (χ2n) is 4.74. The number of nitrogens with zero attached hydrogens (tertiary/aromatic N) is 2. The van der Waals surface area contributed by atoms with Crippen LogP contribution in [0, 0.1) is 5.92 Å². The minimum Gasteiger partial charge on any atom is -0.445 e. The van der Waals surface area contributed by atoms with Gasteiger partial charge >= 0.3 is 6.09 Å². The van der Waals surface area contributed by atoms with Gasteiger partial charge in [-0.25, -0.2) is 4.79 Å². The zero-order valence-corrected chi connectivity index (χ0v) is 10.4. The zero-order valence-electron chi connectivity index (χ0n) is 10.4. The number of carbonyl (C=O) groups excluding carboxylic acids is 1. The van der Waals surface area contributed by atoms with E-state index in [0.29, 0.717) is 18.2 Å². The Hall–Kier alpha value is -1.98. The number of aromatic nitrogens is 1. The molecule has 6 nitrogen and oxygen atoms in total. The fourth-order valence-electron chi connectivity index (χ4n) is 2.43. The highest BCUT2D eigenvalue weighted by Gasteiger charge is 2.27. The molecule has 1 aromatic rings. The maximum Gasteiger partial charge on any atom is 0.404 e. The molecule has 1 fully saturated rings. The molecule has 1 saturated heterocycles. The first-order valence-electron chi connectivity index (χ1n) is 5.96. The first-order chi connectivity index (χ1) is 8.56. The van der Waals surface area contributed by atoms with Gasteiger partial charge in [-0.1, -0.05) is 6.92 Å². The largest absolute Gasteiger partial charge is 0.445 e. The van der Waals surface area contributed by atoms with Crippen molar-refractivity contribution in [1.29, 1.82) is 0 Å². The van der Waals surface area contributed by atoms with Crippen LogP contribution in [0.2, 0.25) is 0 Å². The number of nitrogen functional groups attached to an aromatic ring is 1. The highest BCUT2D eigenvalue weighted by Crippen LogP contribution is 2.28. The Morgan fingerprint density at radius 1 is 1.56 bits per heavy atom. The molecule has 2 atom stereocenters. The maximum absolute atomic E-state index is 10.8. The molecule has 1 aromatic heterocycles. The molecule has 1 amide bonds. The van der Waals surface area contributed by atoms with Crippen molar-refractivity contribution in [3.63, 3.8) is 0 Å². The highest BCUT2D eigenvalue weighted by atomic mass is 16.6. The van der Waals surface area contributed by atoms with Gasteiger partial charge in [0, 0.05) is 12.7 Å². The minimum atomic E-state index is -0.725. The van der Waals surface area contributed by atoms with Crippen LogP contribution in [0.15, 0.2) is 18.5 Å². The fraction of sp³-hybridized carbons (Fsp3) is 0.500. The van der Waals surface area contributed by atoms with Crippen LogP contribution in [0.25, 0.3) is 0 Å². The molecule has 2 rings (SSSR count). The number of amides is 1. The third-order valence-electron chi connectivity index (χ3n) is 3.07. The molecule has 2 heterocycles. The van der Waals surface area contributed by atoms with Gasteiger partial charge in [0.05, 0.1) is 24.1 Å². The summed E-state index contributed by atoms with van der Waals surface area (Å²) in [6, 6.07) is 1.87. The lowest BCUT2D eigenvalue weighted by molar-refractivity contribution is 0.0855. The van der Waals surface area contributed by atoms with E-state index in [2.05, 4.69) is 16.8 Å². The van der Waals surface area contributed by atoms with Crippen LogP contribution in [-0.2, 0) is 4.74 Å². The molecule has 1 aliphatic rings. The van der Waals surface area contributed by atoms with Crippen molar-refractivity contribution in [2.75, 3.05) is 23.7 Å². The second-order valence-corrected chi connectivity index (χ2v) is 4.74. The van der Waals surface area contributed by atoms with Crippen molar-refractivity contribution in [2.24, 2.45) is 11.7 Å². The van der Waals surface area contributed by atoms with Crippen LogP contribution in [0.5, 0.6) is 0 Å². The molecule has 1 aliphatic heterocycles. The van der Waals surface area contributed by atoms with Crippen molar-refractivity contribution in [3.8, 4) is 0 Å². The monoisotopic (exact) mass is 250 g/mol. The van der Waals surface area contributed by atoms with Crippen LogP contribution in [0.4, 0.5) is 16.2 Å². The summed E-state index contributed by atoms with van der Waals surface area (Å²) in [5, 5.41) is 0. The van der Waals surface area contributed by atoms with E-state index >= 15 is 0 Å². The van der Waals surface area contributed by atoms with E-state index in [9.17, 15) is 4.79 Å². The predicted octanol–water partition coefficient (Wildman–Crippen LogP) is 0.974. The summed E-state index contributed by atoms with van der Waals surface area (Å²) >= 11 is 0. The van der Waals surface area contributed by atoms with Gasteiger partial charge in [0.15, 0.2) is 0 Å². The molecule has 4 N–H and O–H groups in total. The second kappa shape index (κ2) is 5.12. The molecule has 18 heavy (non-hydrogen) atoms. The third kappa shape index (κ3) is 2.82. The third-order valence-corrected chi connectivity index (χ3v) is 3.07. The van der Waals surface area contributed by atoms with Crippen molar-refractivity contribution in [3.05, 3.63) is 18.5 Å². The van der Waals surface area contributed by atoms with Gasteiger partial charge in [0.2, 0.25) is 0 Å².